The van der Waals surface area contributed by atoms with Crippen molar-refractivity contribution in [2.75, 3.05) is 13.7 Å². The molecule has 10 heteroatoms. The van der Waals surface area contributed by atoms with Gasteiger partial charge in [0.05, 0.1) is 31.4 Å². The van der Waals surface area contributed by atoms with Crippen LogP contribution in [0.25, 0.3) is 11.8 Å². The van der Waals surface area contributed by atoms with Crippen molar-refractivity contribution in [1.82, 2.24) is 19.8 Å². The number of nitrogens with zero attached hydrogens (tertiary/aromatic N) is 4. The Morgan fingerprint density at radius 1 is 1.19 bits per heavy atom. The molecule has 2 aromatic carbocycles. The summed E-state index contributed by atoms with van der Waals surface area (Å²) in [5.74, 6) is -3.23. The summed E-state index contributed by atoms with van der Waals surface area (Å²) in [7, 11) is 1.56. The zero-order chi connectivity index (χ0) is 25.4. The number of hydrogen-bond donors (Lipinski definition) is 1. The number of guanidine groups is 1. The number of halogens is 3. The van der Waals surface area contributed by atoms with Crippen LogP contribution in [0, 0.1) is 30.3 Å². The van der Waals surface area contributed by atoms with Crippen molar-refractivity contribution in [2.24, 2.45) is 10.9 Å². The number of methoxy groups -OCH3 is 1. The Kier molecular flexibility index (Phi) is 6.26. The van der Waals surface area contributed by atoms with E-state index >= 15 is 0 Å². The largest absolute Gasteiger partial charge is 0.495 e. The molecule has 1 aromatic heterocycles. The third kappa shape index (κ3) is 4.84. The molecule has 2 heterocycles. The van der Waals surface area contributed by atoms with E-state index in [0.29, 0.717) is 29.7 Å². The van der Waals surface area contributed by atoms with Gasteiger partial charge in [-0.05, 0) is 67.2 Å². The van der Waals surface area contributed by atoms with E-state index in [9.17, 15) is 18.0 Å². The van der Waals surface area contributed by atoms with Crippen LogP contribution < -0.4 is 10.1 Å². The Balaban J connectivity index is 1.44. The standard InChI is InChI=1S/C26H24F3N5O2/c1-15-12-33(14-31-15)22-6-5-17(10-23(22)36-2)9-21-25(35)34(26(32-21)30-11-16-3-4-16)13-18-7-19(27)24(29)20(28)8-18/h5-10,12,14,16H,3-4,11,13H2,1-2H3,(H,30,32)/b21-9-. The number of nitrogens with one attached hydrogen (secondary N) is 1. The minimum Gasteiger partial charge on any atom is -0.495 e. The maximum atomic E-state index is 13.8. The number of amides is 1. The third-order valence-electron chi connectivity index (χ3n) is 6.06. The van der Waals surface area contributed by atoms with Crippen molar-refractivity contribution < 1.29 is 22.7 Å². The molecule has 0 spiro atoms. The number of aryl methyl sites for hydroxylation is 1. The number of aliphatic imine (C=N–C) groups is 1. The lowest BCUT2D eigenvalue weighted by atomic mass is 10.1. The first kappa shape index (κ1) is 23.7. The average molecular weight is 496 g/mol. The molecule has 5 rings (SSSR count). The van der Waals surface area contributed by atoms with E-state index in [1.165, 1.54) is 4.90 Å². The molecule has 1 aliphatic heterocycles. The Labute approximate surface area is 205 Å². The molecule has 1 N–H and O–H groups in total. The maximum Gasteiger partial charge on any atom is 0.277 e. The summed E-state index contributed by atoms with van der Waals surface area (Å²) in [6.45, 7) is 2.27. The number of carbonyl (C=O) groups excluding carboxylic acids is 1. The number of rotatable bonds is 7. The summed E-state index contributed by atoms with van der Waals surface area (Å²) in [5.41, 5.74) is 2.72. The van der Waals surface area contributed by atoms with Crippen LogP contribution in [0.15, 0.2) is 53.5 Å². The van der Waals surface area contributed by atoms with Gasteiger partial charge in [-0.25, -0.2) is 18.2 Å². The van der Waals surface area contributed by atoms with Crippen LogP contribution in [0.3, 0.4) is 0 Å². The van der Waals surface area contributed by atoms with E-state index in [1.807, 2.05) is 29.8 Å². The first-order valence-corrected chi connectivity index (χ1v) is 11.5. The topological polar surface area (TPSA) is 71.8 Å². The van der Waals surface area contributed by atoms with E-state index in [1.54, 1.807) is 25.6 Å². The smallest absolute Gasteiger partial charge is 0.277 e. The van der Waals surface area contributed by atoms with E-state index < -0.39 is 23.4 Å². The second-order valence-corrected chi connectivity index (χ2v) is 8.91. The average Bonchev–Trinajstić information content (AvgIpc) is 3.53. The van der Waals surface area contributed by atoms with Gasteiger partial charge in [0.2, 0.25) is 5.96 Å². The van der Waals surface area contributed by atoms with E-state index in [0.717, 1.165) is 36.4 Å². The van der Waals surface area contributed by atoms with Gasteiger partial charge in [-0.1, -0.05) is 6.07 Å². The van der Waals surface area contributed by atoms with Crippen LogP contribution in [0.2, 0.25) is 0 Å². The number of aromatic nitrogens is 2. The van der Waals surface area contributed by atoms with E-state index in [-0.39, 0.29) is 17.8 Å². The summed E-state index contributed by atoms with van der Waals surface area (Å²) in [6.07, 6.45) is 7.37. The van der Waals surface area contributed by atoms with Crippen molar-refractivity contribution in [3.8, 4) is 11.4 Å². The second-order valence-electron chi connectivity index (χ2n) is 8.91. The van der Waals surface area contributed by atoms with Gasteiger partial charge in [-0.15, -0.1) is 0 Å². The molecule has 2 fully saturated rings. The lowest BCUT2D eigenvalue weighted by Crippen LogP contribution is -2.32. The van der Waals surface area contributed by atoms with Gasteiger partial charge in [0.25, 0.3) is 5.91 Å². The molecule has 2 aliphatic rings. The lowest BCUT2D eigenvalue weighted by molar-refractivity contribution is -0.122. The molecule has 1 aliphatic carbocycles. The normalized spacial score (nSPS) is 17.8. The van der Waals surface area contributed by atoms with Gasteiger partial charge < -0.3 is 14.6 Å². The van der Waals surface area contributed by atoms with Gasteiger partial charge in [0.1, 0.15) is 11.4 Å². The molecule has 1 amide bonds. The lowest BCUT2D eigenvalue weighted by Gasteiger charge is -2.15. The molecule has 3 aromatic rings. The highest BCUT2D eigenvalue weighted by molar-refractivity contribution is 6.15. The molecule has 36 heavy (non-hydrogen) atoms. The van der Waals surface area contributed by atoms with Crippen LogP contribution >= 0.6 is 0 Å². The minimum absolute atomic E-state index is 0.114. The van der Waals surface area contributed by atoms with E-state index in [2.05, 4.69) is 15.3 Å². The van der Waals surface area contributed by atoms with Gasteiger partial charge >= 0.3 is 0 Å². The van der Waals surface area contributed by atoms with Gasteiger partial charge in [0, 0.05) is 12.7 Å². The Bertz CT molecular complexity index is 1370. The fourth-order valence-electron chi connectivity index (χ4n) is 3.97. The van der Waals surface area contributed by atoms with Crippen LogP contribution in [-0.4, -0.2) is 40.0 Å². The Morgan fingerprint density at radius 2 is 1.94 bits per heavy atom. The molecule has 1 saturated heterocycles. The fraction of sp³-hybridized carbons (Fsp3) is 0.269. The highest BCUT2D eigenvalue weighted by Crippen LogP contribution is 2.30. The minimum atomic E-state index is -1.55. The Hall–Kier alpha value is -4.08. The summed E-state index contributed by atoms with van der Waals surface area (Å²) in [6, 6.07) is 7.25. The molecule has 186 valence electrons. The fourth-order valence-corrected chi connectivity index (χ4v) is 3.97. The van der Waals surface area contributed by atoms with Crippen molar-refractivity contribution in [1.29, 1.82) is 0 Å². The third-order valence-corrected chi connectivity index (χ3v) is 6.06. The second kappa shape index (κ2) is 9.52. The zero-order valence-electron chi connectivity index (χ0n) is 19.8. The van der Waals surface area contributed by atoms with Crippen LogP contribution in [0.4, 0.5) is 13.2 Å². The molecule has 0 radical (unpaired) electrons. The molecule has 0 atom stereocenters. The Morgan fingerprint density at radius 3 is 2.58 bits per heavy atom. The molecule has 0 bridgehead atoms. The zero-order valence-corrected chi connectivity index (χ0v) is 19.8. The highest BCUT2D eigenvalue weighted by atomic mass is 19.2. The van der Waals surface area contributed by atoms with Gasteiger partial charge in [-0.2, -0.15) is 0 Å². The number of imidazole rings is 1. The molecular weight excluding hydrogens is 471 g/mol. The molecule has 0 unspecified atom stereocenters. The van der Waals surface area contributed by atoms with Crippen molar-refractivity contribution in [3.63, 3.8) is 0 Å². The van der Waals surface area contributed by atoms with Gasteiger partial charge in [-0.3, -0.25) is 14.7 Å². The maximum absolute atomic E-state index is 13.8. The number of benzene rings is 2. The summed E-state index contributed by atoms with van der Waals surface area (Å²) < 4.78 is 48.3. The van der Waals surface area contributed by atoms with Gasteiger partial charge in [0.15, 0.2) is 17.5 Å². The first-order chi connectivity index (χ1) is 17.3. The number of carbonyl (C=O) groups is 1. The quantitative estimate of drug-likeness (QED) is 0.391. The number of ether oxygens (including phenoxy) is 1. The highest BCUT2D eigenvalue weighted by Gasteiger charge is 2.33. The van der Waals surface area contributed by atoms with Crippen LogP contribution in [0.5, 0.6) is 5.75 Å². The molecular formula is C26H24F3N5O2. The summed E-state index contributed by atoms with van der Waals surface area (Å²) in [5, 5.41) is 3.04. The molecule has 7 nitrogen and oxygen atoms in total. The summed E-state index contributed by atoms with van der Waals surface area (Å²) >= 11 is 0. The number of hydrogen-bond acceptors (Lipinski definition) is 4. The monoisotopic (exact) mass is 495 g/mol. The SMILES string of the molecule is COc1cc(/C=C2\N/C(=N\CC3CC3)N(Cc3cc(F)c(F)c(F)c3)C2=O)ccc1-n1cnc(C)c1. The first-order valence-electron chi connectivity index (χ1n) is 11.5. The van der Waals surface area contributed by atoms with Crippen LogP contribution in [0.1, 0.15) is 29.7 Å². The van der Waals surface area contributed by atoms with Crippen molar-refractivity contribution in [2.45, 2.75) is 26.3 Å². The van der Waals surface area contributed by atoms with Crippen molar-refractivity contribution >= 4 is 17.9 Å². The van der Waals surface area contributed by atoms with Crippen LogP contribution in [-0.2, 0) is 11.3 Å². The molecule has 1 saturated carbocycles. The predicted molar refractivity (Wildman–Crippen MR) is 128 cm³/mol. The van der Waals surface area contributed by atoms with Crippen molar-refractivity contribution in [3.05, 3.63) is 82.8 Å². The predicted octanol–water partition coefficient (Wildman–Crippen LogP) is 4.35. The van der Waals surface area contributed by atoms with E-state index in [4.69, 9.17) is 4.74 Å². The summed E-state index contributed by atoms with van der Waals surface area (Å²) in [4.78, 5) is 23.4.